The zero-order valence-corrected chi connectivity index (χ0v) is 16.8. The zero-order valence-electron chi connectivity index (χ0n) is 16.8. The molecule has 1 saturated heterocycles. The first-order chi connectivity index (χ1) is 13.4. The summed E-state index contributed by atoms with van der Waals surface area (Å²) >= 11 is 0. The number of carbonyl (C=O) groups is 1. The molecule has 1 aromatic heterocycles. The topological polar surface area (TPSA) is 93.4 Å². The quantitative estimate of drug-likeness (QED) is 0.796. The van der Waals surface area contributed by atoms with Crippen molar-refractivity contribution in [1.82, 2.24) is 14.9 Å². The second-order valence-electron chi connectivity index (χ2n) is 7.66. The van der Waals surface area contributed by atoms with Crippen LogP contribution in [0.25, 0.3) is 0 Å². The lowest BCUT2D eigenvalue weighted by Gasteiger charge is -2.33. The molecule has 0 radical (unpaired) electrons. The Morgan fingerprint density at radius 2 is 2.07 bits per heavy atom. The van der Waals surface area contributed by atoms with Crippen LogP contribution in [0.2, 0.25) is 0 Å². The molecule has 1 aliphatic heterocycles. The molecule has 3 N–H and O–H groups in total. The third kappa shape index (κ3) is 5.12. The Morgan fingerprint density at radius 1 is 1.32 bits per heavy atom. The summed E-state index contributed by atoms with van der Waals surface area (Å²) in [5.41, 5.74) is 8.06. The smallest absolute Gasteiger partial charge is 0.272 e. The van der Waals surface area contributed by atoms with Crippen molar-refractivity contribution >= 4 is 17.5 Å². The standard InChI is InChI=1S/C21H29N5O2/c1-14(2)11-17-12-19(25-21(22)24-17)20(27)26-10-4-5-16(13-26)23-15-6-8-18(28-3)9-7-15/h6-9,12,14,16,23H,4-5,10-11,13H2,1-3H3,(H2,22,24,25)/t16-/m1/s1. The molecule has 1 amide bonds. The number of benzene rings is 1. The number of hydrogen-bond donors (Lipinski definition) is 2. The van der Waals surface area contributed by atoms with Gasteiger partial charge in [-0.05, 0) is 55.5 Å². The summed E-state index contributed by atoms with van der Waals surface area (Å²) in [6.07, 6.45) is 2.73. The van der Waals surface area contributed by atoms with Gasteiger partial charge < -0.3 is 20.7 Å². The largest absolute Gasteiger partial charge is 0.497 e. The number of nitrogens with two attached hydrogens (primary N) is 1. The van der Waals surface area contributed by atoms with Crippen LogP contribution < -0.4 is 15.8 Å². The van der Waals surface area contributed by atoms with E-state index >= 15 is 0 Å². The SMILES string of the molecule is COc1ccc(N[C@@H]2CCCN(C(=O)c3cc(CC(C)C)nc(N)n3)C2)cc1. The Hall–Kier alpha value is -2.83. The Labute approximate surface area is 166 Å². The van der Waals surface area contributed by atoms with Crippen molar-refractivity contribution < 1.29 is 9.53 Å². The highest BCUT2D eigenvalue weighted by Gasteiger charge is 2.26. The predicted molar refractivity (Wildman–Crippen MR) is 111 cm³/mol. The number of hydrogen-bond acceptors (Lipinski definition) is 6. The molecule has 28 heavy (non-hydrogen) atoms. The summed E-state index contributed by atoms with van der Waals surface area (Å²) in [7, 11) is 1.65. The molecule has 3 rings (SSSR count). The highest BCUT2D eigenvalue weighted by Crippen LogP contribution is 2.20. The fourth-order valence-corrected chi connectivity index (χ4v) is 3.51. The molecule has 0 unspecified atom stereocenters. The van der Waals surface area contributed by atoms with E-state index in [1.54, 1.807) is 13.2 Å². The molecule has 150 valence electrons. The van der Waals surface area contributed by atoms with Crippen molar-refractivity contribution in [2.75, 3.05) is 31.2 Å². The number of methoxy groups -OCH3 is 1. The van der Waals surface area contributed by atoms with Gasteiger partial charge in [0.15, 0.2) is 0 Å². The highest BCUT2D eigenvalue weighted by atomic mass is 16.5. The number of aromatic nitrogens is 2. The minimum Gasteiger partial charge on any atom is -0.497 e. The average molecular weight is 383 g/mol. The second-order valence-corrected chi connectivity index (χ2v) is 7.66. The van der Waals surface area contributed by atoms with Gasteiger partial charge in [-0.3, -0.25) is 4.79 Å². The molecule has 2 heterocycles. The Bertz CT molecular complexity index is 807. The van der Waals surface area contributed by atoms with Gasteiger partial charge in [0, 0.05) is 30.5 Å². The van der Waals surface area contributed by atoms with Gasteiger partial charge in [-0.2, -0.15) is 0 Å². The van der Waals surface area contributed by atoms with Crippen molar-refractivity contribution in [2.45, 2.75) is 39.2 Å². The van der Waals surface area contributed by atoms with Crippen LogP contribution in [-0.4, -0.2) is 47.0 Å². The fraction of sp³-hybridized carbons (Fsp3) is 0.476. The normalized spacial score (nSPS) is 16.9. The van der Waals surface area contributed by atoms with Crippen molar-refractivity contribution in [1.29, 1.82) is 0 Å². The number of amides is 1. The highest BCUT2D eigenvalue weighted by molar-refractivity contribution is 5.92. The summed E-state index contributed by atoms with van der Waals surface area (Å²) < 4.78 is 5.20. The minimum absolute atomic E-state index is 0.0830. The molecule has 1 aliphatic rings. The first-order valence-corrected chi connectivity index (χ1v) is 9.78. The summed E-state index contributed by atoms with van der Waals surface area (Å²) in [6.45, 7) is 5.58. The summed E-state index contributed by atoms with van der Waals surface area (Å²) in [4.78, 5) is 23.3. The molecule has 0 spiro atoms. The van der Waals surface area contributed by atoms with E-state index in [2.05, 4.69) is 29.1 Å². The first-order valence-electron chi connectivity index (χ1n) is 9.78. The predicted octanol–water partition coefficient (Wildman–Crippen LogP) is 2.98. The van der Waals surface area contributed by atoms with E-state index in [9.17, 15) is 4.79 Å². The van der Waals surface area contributed by atoms with Crippen molar-refractivity contribution in [3.8, 4) is 5.75 Å². The third-order valence-electron chi connectivity index (χ3n) is 4.80. The zero-order chi connectivity index (χ0) is 20.1. The van der Waals surface area contributed by atoms with E-state index in [0.717, 1.165) is 42.9 Å². The van der Waals surface area contributed by atoms with Crippen molar-refractivity contribution in [2.24, 2.45) is 5.92 Å². The maximum atomic E-state index is 13.0. The molecule has 1 fully saturated rings. The molecule has 0 bridgehead atoms. The van der Waals surface area contributed by atoms with Crippen molar-refractivity contribution in [3.63, 3.8) is 0 Å². The number of piperidine rings is 1. The van der Waals surface area contributed by atoms with E-state index in [-0.39, 0.29) is 17.9 Å². The molecule has 0 saturated carbocycles. The molecular formula is C21H29N5O2. The Balaban J connectivity index is 1.67. The van der Waals surface area contributed by atoms with Crippen LogP contribution in [0.4, 0.5) is 11.6 Å². The van der Waals surface area contributed by atoms with Gasteiger partial charge in [0.25, 0.3) is 5.91 Å². The van der Waals surface area contributed by atoms with Crippen LogP contribution in [-0.2, 0) is 6.42 Å². The van der Waals surface area contributed by atoms with Gasteiger partial charge in [0.2, 0.25) is 5.95 Å². The number of anilines is 2. The van der Waals surface area contributed by atoms with E-state index in [1.807, 2.05) is 29.2 Å². The van der Waals surface area contributed by atoms with Gasteiger partial charge in [-0.25, -0.2) is 9.97 Å². The van der Waals surface area contributed by atoms with E-state index in [1.165, 1.54) is 0 Å². The summed E-state index contributed by atoms with van der Waals surface area (Å²) in [5, 5.41) is 3.51. The number of carbonyl (C=O) groups excluding carboxylic acids is 1. The molecule has 2 aromatic rings. The molecule has 1 atom stereocenters. The minimum atomic E-state index is -0.0830. The second kappa shape index (κ2) is 8.91. The van der Waals surface area contributed by atoms with Crippen LogP contribution in [0.5, 0.6) is 5.75 Å². The van der Waals surface area contributed by atoms with Crippen LogP contribution in [0.15, 0.2) is 30.3 Å². The van der Waals surface area contributed by atoms with Gasteiger partial charge in [0.05, 0.1) is 7.11 Å². The number of nitrogens with zero attached hydrogens (tertiary/aromatic N) is 3. The Morgan fingerprint density at radius 3 is 2.75 bits per heavy atom. The van der Waals surface area contributed by atoms with E-state index in [4.69, 9.17) is 10.5 Å². The van der Waals surface area contributed by atoms with Gasteiger partial charge >= 0.3 is 0 Å². The van der Waals surface area contributed by atoms with Crippen molar-refractivity contribution in [3.05, 3.63) is 41.7 Å². The number of ether oxygens (including phenoxy) is 1. The van der Waals surface area contributed by atoms with E-state index < -0.39 is 0 Å². The molecule has 7 nitrogen and oxygen atoms in total. The average Bonchev–Trinajstić information content (AvgIpc) is 2.67. The lowest BCUT2D eigenvalue weighted by Crippen LogP contribution is -2.45. The fourth-order valence-electron chi connectivity index (χ4n) is 3.51. The monoisotopic (exact) mass is 383 g/mol. The Kier molecular flexibility index (Phi) is 6.34. The van der Waals surface area contributed by atoms with Crippen LogP contribution in [0.3, 0.4) is 0 Å². The van der Waals surface area contributed by atoms with Gasteiger partial charge in [-0.15, -0.1) is 0 Å². The number of likely N-dealkylation sites (tertiary alicyclic amines) is 1. The molecule has 0 aliphatic carbocycles. The molecular weight excluding hydrogens is 354 g/mol. The van der Waals surface area contributed by atoms with E-state index in [0.29, 0.717) is 18.2 Å². The number of rotatable bonds is 6. The summed E-state index contributed by atoms with van der Waals surface area (Å²) in [6, 6.07) is 9.80. The lowest BCUT2D eigenvalue weighted by molar-refractivity contribution is 0.0708. The van der Waals surface area contributed by atoms with Gasteiger partial charge in [0.1, 0.15) is 11.4 Å². The maximum absolute atomic E-state index is 13.0. The lowest BCUT2D eigenvalue weighted by atomic mass is 10.0. The number of nitrogens with one attached hydrogen (secondary N) is 1. The third-order valence-corrected chi connectivity index (χ3v) is 4.80. The number of nitrogen functional groups attached to an aromatic ring is 1. The summed E-state index contributed by atoms with van der Waals surface area (Å²) in [5.74, 6) is 1.33. The van der Waals surface area contributed by atoms with Crippen LogP contribution in [0, 0.1) is 5.92 Å². The first kappa shape index (κ1) is 19.9. The molecule has 7 heteroatoms. The maximum Gasteiger partial charge on any atom is 0.272 e. The molecule has 1 aromatic carbocycles. The van der Waals surface area contributed by atoms with Gasteiger partial charge in [-0.1, -0.05) is 13.8 Å². The van der Waals surface area contributed by atoms with Crippen LogP contribution in [0.1, 0.15) is 42.9 Å². The van der Waals surface area contributed by atoms with Crippen LogP contribution >= 0.6 is 0 Å².